The zero-order valence-corrected chi connectivity index (χ0v) is 11.5. The minimum absolute atomic E-state index is 0.124. The van der Waals surface area contributed by atoms with E-state index in [1.54, 1.807) is 0 Å². The van der Waals surface area contributed by atoms with Crippen LogP contribution in [0.1, 0.15) is 13.8 Å². The molecule has 4 atom stereocenters. The van der Waals surface area contributed by atoms with Gasteiger partial charge >= 0.3 is 7.12 Å². The van der Waals surface area contributed by atoms with Crippen LogP contribution >= 0.6 is 0 Å². The summed E-state index contributed by atoms with van der Waals surface area (Å²) in [7, 11) is -0.368. The van der Waals surface area contributed by atoms with Crippen LogP contribution in [0, 0.1) is 0 Å². The molecule has 0 bridgehead atoms. The zero-order valence-electron chi connectivity index (χ0n) is 11.5. The molecular formula is C14H17BO5. The van der Waals surface area contributed by atoms with Crippen LogP contribution in [0.25, 0.3) is 0 Å². The molecule has 3 heterocycles. The maximum absolute atomic E-state index is 6.05. The molecule has 0 spiro atoms. The van der Waals surface area contributed by atoms with Crippen LogP contribution in [0.5, 0.6) is 0 Å². The fraction of sp³-hybridized carbons (Fsp3) is 0.571. The molecule has 4 rings (SSSR count). The molecule has 0 aliphatic carbocycles. The van der Waals surface area contributed by atoms with Crippen molar-refractivity contribution in [3.05, 3.63) is 30.3 Å². The van der Waals surface area contributed by atoms with E-state index in [1.165, 1.54) is 0 Å². The molecule has 6 heteroatoms. The van der Waals surface area contributed by atoms with Gasteiger partial charge in [-0.1, -0.05) is 30.3 Å². The molecule has 0 unspecified atom stereocenters. The molecule has 0 amide bonds. The lowest BCUT2D eigenvalue weighted by atomic mass is 9.77. The summed E-state index contributed by atoms with van der Waals surface area (Å²) in [5.74, 6) is -0.621. The van der Waals surface area contributed by atoms with E-state index in [0.717, 1.165) is 5.46 Å². The van der Waals surface area contributed by atoms with E-state index in [9.17, 15) is 0 Å². The number of fused-ring (bicyclic) bond motifs is 3. The van der Waals surface area contributed by atoms with Gasteiger partial charge in [-0.3, -0.25) is 0 Å². The lowest BCUT2D eigenvalue weighted by molar-refractivity contribution is -0.221. The summed E-state index contributed by atoms with van der Waals surface area (Å²) in [6.07, 6.45) is -0.829. The number of rotatable bonds is 1. The molecule has 3 aliphatic rings. The van der Waals surface area contributed by atoms with Crippen molar-refractivity contribution >= 4 is 12.6 Å². The maximum Gasteiger partial charge on any atom is 0.494 e. The highest BCUT2D eigenvalue weighted by Gasteiger charge is 2.57. The Balaban J connectivity index is 1.53. The Bertz CT molecular complexity index is 494. The monoisotopic (exact) mass is 276 g/mol. The quantitative estimate of drug-likeness (QED) is 0.706. The molecule has 106 valence electrons. The smallest absolute Gasteiger partial charge is 0.404 e. The lowest BCUT2D eigenvalue weighted by Crippen LogP contribution is -2.53. The van der Waals surface area contributed by atoms with Gasteiger partial charge in [0.05, 0.1) is 6.61 Å². The third-order valence-electron chi connectivity index (χ3n) is 3.85. The predicted octanol–water partition coefficient (Wildman–Crippen LogP) is 0.674. The fourth-order valence-corrected chi connectivity index (χ4v) is 2.99. The molecule has 3 aliphatic heterocycles. The Kier molecular flexibility index (Phi) is 2.91. The topological polar surface area (TPSA) is 46.2 Å². The molecule has 0 radical (unpaired) electrons. The summed E-state index contributed by atoms with van der Waals surface area (Å²) in [5, 5.41) is 0. The first-order valence-corrected chi connectivity index (χ1v) is 6.95. The summed E-state index contributed by atoms with van der Waals surface area (Å²) in [4.78, 5) is 0. The van der Waals surface area contributed by atoms with Crippen molar-refractivity contribution in [1.29, 1.82) is 0 Å². The van der Waals surface area contributed by atoms with E-state index in [2.05, 4.69) is 0 Å². The molecule has 1 aromatic carbocycles. The fourth-order valence-electron chi connectivity index (χ4n) is 2.99. The third-order valence-corrected chi connectivity index (χ3v) is 3.85. The second kappa shape index (κ2) is 4.54. The second-order valence-electron chi connectivity index (χ2n) is 5.82. The molecule has 0 aromatic heterocycles. The second-order valence-corrected chi connectivity index (χ2v) is 5.82. The number of hydrogen-bond donors (Lipinski definition) is 0. The van der Waals surface area contributed by atoms with Crippen molar-refractivity contribution in [1.82, 2.24) is 0 Å². The first kappa shape index (κ1) is 12.8. The van der Waals surface area contributed by atoms with Gasteiger partial charge in [0.2, 0.25) is 0 Å². The molecule has 5 nitrogen and oxygen atoms in total. The van der Waals surface area contributed by atoms with Gasteiger partial charge in [-0.15, -0.1) is 0 Å². The van der Waals surface area contributed by atoms with Crippen molar-refractivity contribution in [3.8, 4) is 0 Å². The largest absolute Gasteiger partial charge is 0.494 e. The molecule has 20 heavy (non-hydrogen) atoms. The van der Waals surface area contributed by atoms with Crippen LogP contribution < -0.4 is 5.46 Å². The van der Waals surface area contributed by atoms with E-state index < -0.39 is 5.79 Å². The molecule has 0 N–H and O–H groups in total. The lowest BCUT2D eigenvalue weighted by Gasteiger charge is -2.32. The number of ether oxygens (including phenoxy) is 3. The first-order chi connectivity index (χ1) is 9.62. The van der Waals surface area contributed by atoms with E-state index in [-0.39, 0.29) is 31.7 Å². The van der Waals surface area contributed by atoms with Gasteiger partial charge in [-0.25, -0.2) is 0 Å². The highest BCUT2D eigenvalue weighted by atomic mass is 16.8. The van der Waals surface area contributed by atoms with Crippen molar-refractivity contribution in [2.75, 3.05) is 6.61 Å². The third kappa shape index (κ3) is 2.08. The van der Waals surface area contributed by atoms with Crippen molar-refractivity contribution in [3.63, 3.8) is 0 Å². The zero-order chi connectivity index (χ0) is 13.7. The normalized spacial score (nSPS) is 38.6. The summed E-state index contributed by atoms with van der Waals surface area (Å²) in [6, 6.07) is 9.91. The SMILES string of the molecule is CC1(C)O[C@H]2O[C@@H]3COB(c4ccccc4)O[C@@H]3[C@H]2O1. The van der Waals surface area contributed by atoms with Crippen molar-refractivity contribution < 1.29 is 23.5 Å². The summed E-state index contributed by atoms with van der Waals surface area (Å²) >= 11 is 0. The Hall–Kier alpha value is -0.915. The van der Waals surface area contributed by atoms with Crippen LogP contribution in [0.4, 0.5) is 0 Å². The minimum atomic E-state index is -0.621. The Morgan fingerprint density at radius 1 is 1.10 bits per heavy atom. The van der Waals surface area contributed by atoms with Crippen LogP contribution in [-0.4, -0.2) is 44.1 Å². The van der Waals surface area contributed by atoms with Gasteiger partial charge in [0.1, 0.15) is 18.3 Å². The minimum Gasteiger partial charge on any atom is -0.404 e. The predicted molar refractivity (Wildman–Crippen MR) is 71.4 cm³/mol. The molecule has 0 saturated carbocycles. The average Bonchev–Trinajstić information content (AvgIpc) is 2.91. The maximum atomic E-state index is 6.05. The van der Waals surface area contributed by atoms with E-state index in [1.807, 2.05) is 44.2 Å². The van der Waals surface area contributed by atoms with Crippen molar-refractivity contribution in [2.45, 2.75) is 44.2 Å². The van der Waals surface area contributed by atoms with Crippen LogP contribution in [0.2, 0.25) is 0 Å². The van der Waals surface area contributed by atoms with Gasteiger partial charge in [0.15, 0.2) is 12.1 Å². The van der Waals surface area contributed by atoms with E-state index in [4.69, 9.17) is 23.5 Å². The van der Waals surface area contributed by atoms with Crippen LogP contribution in [0.15, 0.2) is 30.3 Å². The summed E-state index contributed by atoms with van der Waals surface area (Å²) < 4.78 is 29.2. The molecule has 1 aromatic rings. The Labute approximate surface area is 118 Å². The molecule has 3 saturated heterocycles. The van der Waals surface area contributed by atoms with Crippen LogP contribution in [0.3, 0.4) is 0 Å². The van der Waals surface area contributed by atoms with Gasteiger partial charge in [0, 0.05) is 0 Å². The van der Waals surface area contributed by atoms with Gasteiger partial charge in [-0.2, -0.15) is 0 Å². The van der Waals surface area contributed by atoms with Gasteiger partial charge in [0.25, 0.3) is 0 Å². The Morgan fingerprint density at radius 2 is 1.90 bits per heavy atom. The average molecular weight is 276 g/mol. The van der Waals surface area contributed by atoms with Crippen LogP contribution in [-0.2, 0) is 23.5 Å². The number of benzene rings is 1. The molecular weight excluding hydrogens is 259 g/mol. The first-order valence-electron chi connectivity index (χ1n) is 6.95. The van der Waals surface area contributed by atoms with E-state index in [0.29, 0.717) is 6.61 Å². The number of hydrogen-bond acceptors (Lipinski definition) is 5. The molecule has 3 fully saturated rings. The van der Waals surface area contributed by atoms with Crippen molar-refractivity contribution in [2.24, 2.45) is 0 Å². The standard InChI is InChI=1S/C14H17BO5/c1-14(2)18-12-11-10(17-13(12)19-14)8-16-15(20-11)9-6-4-3-5-7-9/h3-7,10-13H,8H2,1-2H3/t10-,11+,12-,13-/m1/s1. The Morgan fingerprint density at radius 3 is 2.70 bits per heavy atom. The van der Waals surface area contributed by atoms with Gasteiger partial charge in [-0.05, 0) is 19.3 Å². The summed E-state index contributed by atoms with van der Waals surface area (Å²) in [6.45, 7) is 4.26. The highest BCUT2D eigenvalue weighted by molar-refractivity contribution is 6.61. The summed E-state index contributed by atoms with van der Waals surface area (Å²) in [5.41, 5.74) is 1.01. The highest BCUT2D eigenvalue weighted by Crippen LogP contribution is 2.40. The van der Waals surface area contributed by atoms with Gasteiger partial charge < -0.3 is 23.5 Å². The van der Waals surface area contributed by atoms with E-state index >= 15 is 0 Å².